The highest BCUT2D eigenvalue weighted by molar-refractivity contribution is 6.32. The van der Waals surface area contributed by atoms with E-state index < -0.39 is 0 Å². The highest BCUT2D eigenvalue weighted by Gasteiger charge is 2.20. The van der Waals surface area contributed by atoms with Crippen LogP contribution in [0.3, 0.4) is 0 Å². The van der Waals surface area contributed by atoms with Gasteiger partial charge in [0.2, 0.25) is 0 Å². The fraction of sp³-hybridized carbons (Fsp3) is 0.273. The second-order valence-corrected chi connectivity index (χ2v) is 4.32. The number of carbonyl (C=O) groups is 1. The summed E-state index contributed by atoms with van der Waals surface area (Å²) in [6, 6.07) is 3.49. The molecule has 2 heterocycles. The number of aryl methyl sites for hydroxylation is 1. The van der Waals surface area contributed by atoms with Crippen LogP contribution >= 0.6 is 11.6 Å². The summed E-state index contributed by atoms with van der Waals surface area (Å²) in [6.07, 6.45) is 0. The number of hydrogen-bond donors (Lipinski definition) is 1. The number of benzene rings is 1. The van der Waals surface area contributed by atoms with Gasteiger partial charge in [0, 0.05) is 18.1 Å². The number of imidazole rings is 1. The SMILES string of the molecule is Cc1nc2cc(Cl)cc3c2n1CCNC3=O. The van der Waals surface area contributed by atoms with E-state index in [1.807, 2.05) is 6.92 Å². The molecule has 1 amide bonds. The summed E-state index contributed by atoms with van der Waals surface area (Å²) < 4.78 is 2.05. The molecule has 1 aromatic heterocycles. The van der Waals surface area contributed by atoms with Crippen LogP contribution < -0.4 is 5.32 Å². The van der Waals surface area contributed by atoms with Gasteiger partial charge in [-0.2, -0.15) is 0 Å². The van der Waals surface area contributed by atoms with E-state index in [9.17, 15) is 4.79 Å². The van der Waals surface area contributed by atoms with Crippen molar-refractivity contribution in [3.05, 3.63) is 28.5 Å². The minimum absolute atomic E-state index is 0.0776. The minimum Gasteiger partial charge on any atom is -0.350 e. The Morgan fingerprint density at radius 2 is 2.31 bits per heavy atom. The lowest BCUT2D eigenvalue weighted by atomic mass is 10.1. The maximum absolute atomic E-state index is 11.8. The summed E-state index contributed by atoms with van der Waals surface area (Å²) in [7, 11) is 0. The minimum atomic E-state index is -0.0776. The van der Waals surface area contributed by atoms with Crippen molar-refractivity contribution in [3.8, 4) is 0 Å². The van der Waals surface area contributed by atoms with E-state index in [0.717, 1.165) is 23.4 Å². The van der Waals surface area contributed by atoms with Gasteiger partial charge in [0.25, 0.3) is 5.91 Å². The lowest BCUT2D eigenvalue weighted by Gasteiger charge is -2.02. The number of hydrogen-bond acceptors (Lipinski definition) is 2. The zero-order valence-electron chi connectivity index (χ0n) is 8.75. The topological polar surface area (TPSA) is 46.9 Å². The molecule has 0 spiro atoms. The summed E-state index contributed by atoms with van der Waals surface area (Å²) in [4.78, 5) is 16.3. The van der Waals surface area contributed by atoms with Crippen LogP contribution in [0.2, 0.25) is 5.02 Å². The number of nitrogens with one attached hydrogen (secondary N) is 1. The number of amides is 1. The van der Waals surface area contributed by atoms with E-state index in [0.29, 0.717) is 17.1 Å². The van der Waals surface area contributed by atoms with E-state index in [1.165, 1.54) is 0 Å². The molecule has 0 atom stereocenters. The monoisotopic (exact) mass is 235 g/mol. The smallest absolute Gasteiger partial charge is 0.253 e. The molecular weight excluding hydrogens is 226 g/mol. The van der Waals surface area contributed by atoms with Crippen molar-refractivity contribution in [1.82, 2.24) is 14.9 Å². The summed E-state index contributed by atoms with van der Waals surface area (Å²) >= 11 is 5.98. The van der Waals surface area contributed by atoms with Gasteiger partial charge in [0.1, 0.15) is 5.82 Å². The second kappa shape index (κ2) is 3.22. The van der Waals surface area contributed by atoms with Crippen LogP contribution in [-0.4, -0.2) is 22.0 Å². The molecule has 16 heavy (non-hydrogen) atoms. The average Bonchev–Trinajstić information content (AvgIpc) is 2.42. The van der Waals surface area contributed by atoms with Gasteiger partial charge in [-0.15, -0.1) is 0 Å². The van der Waals surface area contributed by atoms with E-state index in [2.05, 4.69) is 14.9 Å². The van der Waals surface area contributed by atoms with Crippen LogP contribution in [0, 0.1) is 6.92 Å². The zero-order valence-corrected chi connectivity index (χ0v) is 9.51. The van der Waals surface area contributed by atoms with Crippen molar-refractivity contribution < 1.29 is 4.79 Å². The third-order valence-corrected chi connectivity index (χ3v) is 3.08. The molecule has 0 aliphatic carbocycles. The van der Waals surface area contributed by atoms with Crippen LogP contribution in [0.25, 0.3) is 11.0 Å². The van der Waals surface area contributed by atoms with Gasteiger partial charge in [-0.05, 0) is 19.1 Å². The van der Waals surface area contributed by atoms with Crippen LogP contribution in [0.1, 0.15) is 16.2 Å². The highest BCUT2D eigenvalue weighted by Crippen LogP contribution is 2.26. The maximum atomic E-state index is 11.8. The van der Waals surface area contributed by atoms with Gasteiger partial charge in [-0.3, -0.25) is 4.79 Å². The Bertz CT molecular complexity index is 603. The molecule has 4 nitrogen and oxygen atoms in total. The van der Waals surface area contributed by atoms with Crippen LogP contribution in [0.5, 0.6) is 0 Å². The molecule has 5 heteroatoms. The molecule has 0 saturated heterocycles. The molecule has 1 aliphatic heterocycles. The van der Waals surface area contributed by atoms with E-state index >= 15 is 0 Å². The number of nitrogens with zero attached hydrogens (tertiary/aromatic N) is 2. The third kappa shape index (κ3) is 1.23. The van der Waals surface area contributed by atoms with Crippen molar-refractivity contribution in [2.75, 3.05) is 6.54 Å². The number of aromatic nitrogens is 2. The summed E-state index contributed by atoms with van der Waals surface area (Å²) in [6.45, 7) is 3.31. The molecule has 0 radical (unpaired) electrons. The molecule has 1 aromatic carbocycles. The van der Waals surface area contributed by atoms with Gasteiger partial charge in [-0.1, -0.05) is 11.6 Å². The van der Waals surface area contributed by atoms with Crippen molar-refractivity contribution in [2.45, 2.75) is 13.5 Å². The molecule has 1 aliphatic rings. The molecule has 0 saturated carbocycles. The highest BCUT2D eigenvalue weighted by atomic mass is 35.5. The predicted molar refractivity (Wildman–Crippen MR) is 61.8 cm³/mol. The van der Waals surface area contributed by atoms with Crippen LogP contribution in [-0.2, 0) is 6.54 Å². The van der Waals surface area contributed by atoms with Gasteiger partial charge in [0.05, 0.1) is 16.6 Å². The number of halogens is 1. The van der Waals surface area contributed by atoms with Crippen molar-refractivity contribution in [2.24, 2.45) is 0 Å². The summed E-state index contributed by atoms with van der Waals surface area (Å²) in [5.74, 6) is 0.834. The molecule has 1 N–H and O–H groups in total. The van der Waals surface area contributed by atoms with Gasteiger partial charge in [-0.25, -0.2) is 4.98 Å². The Kier molecular flexibility index (Phi) is 1.94. The fourth-order valence-corrected chi connectivity index (χ4v) is 2.39. The first-order valence-electron chi connectivity index (χ1n) is 5.11. The number of carbonyl (C=O) groups excluding carboxylic acids is 1. The Labute approximate surface area is 97.2 Å². The molecular formula is C11H10ClN3O. The maximum Gasteiger partial charge on any atom is 0.253 e. The zero-order chi connectivity index (χ0) is 11.3. The quantitative estimate of drug-likeness (QED) is 0.756. The van der Waals surface area contributed by atoms with E-state index in [1.54, 1.807) is 12.1 Å². The molecule has 0 bridgehead atoms. The van der Waals surface area contributed by atoms with Gasteiger partial charge >= 0.3 is 0 Å². The Hall–Kier alpha value is -1.55. The van der Waals surface area contributed by atoms with E-state index in [4.69, 9.17) is 11.6 Å². The first kappa shape index (κ1) is 9.66. The average molecular weight is 236 g/mol. The molecule has 82 valence electrons. The summed E-state index contributed by atoms with van der Waals surface area (Å²) in [5.41, 5.74) is 2.29. The number of rotatable bonds is 0. The fourth-order valence-electron chi connectivity index (χ4n) is 2.17. The molecule has 0 fully saturated rings. The van der Waals surface area contributed by atoms with Crippen LogP contribution in [0.4, 0.5) is 0 Å². The third-order valence-electron chi connectivity index (χ3n) is 2.86. The van der Waals surface area contributed by atoms with Gasteiger partial charge < -0.3 is 9.88 Å². The lowest BCUT2D eigenvalue weighted by Crippen LogP contribution is -2.24. The van der Waals surface area contributed by atoms with E-state index in [-0.39, 0.29) is 5.91 Å². The molecule has 0 unspecified atom stereocenters. The lowest BCUT2D eigenvalue weighted by molar-refractivity contribution is 0.0956. The van der Waals surface area contributed by atoms with Crippen molar-refractivity contribution in [3.63, 3.8) is 0 Å². The first-order valence-corrected chi connectivity index (χ1v) is 5.49. The van der Waals surface area contributed by atoms with Gasteiger partial charge in [0.15, 0.2) is 0 Å². The Balaban J connectivity index is 2.47. The molecule has 3 rings (SSSR count). The van der Waals surface area contributed by atoms with Crippen LogP contribution in [0.15, 0.2) is 12.1 Å². The first-order chi connectivity index (χ1) is 7.66. The Morgan fingerprint density at radius 1 is 1.50 bits per heavy atom. The second-order valence-electron chi connectivity index (χ2n) is 3.89. The predicted octanol–water partition coefficient (Wildman–Crippen LogP) is 1.74. The Morgan fingerprint density at radius 3 is 3.12 bits per heavy atom. The van der Waals surface area contributed by atoms with Crippen molar-refractivity contribution in [1.29, 1.82) is 0 Å². The standard InChI is InChI=1S/C11H10ClN3O/c1-6-14-9-5-7(12)4-8-10(9)15(6)3-2-13-11(8)16/h4-5H,2-3H2,1H3,(H,13,16). The summed E-state index contributed by atoms with van der Waals surface area (Å²) in [5, 5.41) is 3.39. The molecule has 2 aromatic rings. The normalized spacial score (nSPS) is 15.0. The largest absolute Gasteiger partial charge is 0.350 e. The van der Waals surface area contributed by atoms with Crippen molar-refractivity contribution >= 4 is 28.5 Å².